The van der Waals surface area contributed by atoms with E-state index in [1.54, 1.807) is 24.3 Å². The Labute approximate surface area is 92.5 Å². The maximum Gasteiger partial charge on any atom is 0.251 e. The molecule has 15 heavy (non-hydrogen) atoms. The number of carbonyl (C=O) groups is 1. The summed E-state index contributed by atoms with van der Waals surface area (Å²) in [5.41, 5.74) is 0.658. The fraction of sp³-hybridized carbons (Fsp3) is 0. The Hall–Kier alpha value is -0.140. The van der Waals surface area contributed by atoms with Crippen molar-refractivity contribution < 1.29 is 9.32 Å². The molecule has 1 aromatic rings. The van der Waals surface area contributed by atoms with Crippen molar-refractivity contribution in [2.75, 3.05) is 0 Å². The van der Waals surface area contributed by atoms with Gasteiger partial charge in [0.05, 0.1) is 0 Å². The van der Waals surface area contributed by atoms with Gasteiger partial charge in [0.25, 0.3) is 8.45 Å². The summed E-state index contributed by atoms with van der Waals surface area (Å²) in [5.74, 6) is 0.767. The van der Waals surface area contributed by atoms with Crippen LogP contribution in [0.2, 0.25) is 0 Å². The van der Waals surface area contributed by atoms with Crippen LogP contribution < -0.4 is 19.1 Å². The molecule has 2 atom stereocenters. The molecule has 0 saturated carbocycles. The van der Waals surface area contributed by atoms with E-state index in [2.05, 4.69) is 14.6 Å². The number of hydrogen-bond acceptors (Lipinski definition) is 5. The van der Waals surface area contributed by atoms with Crippen LogP contribution in [-0.4, -0.2) is 6.29 Å². The van der Waals surface area contributed by atoms with Crippen LogP contribution >= 0.6 is 26.2 Å². The van der Waals surface area contributed by atoms with Crippen LogP contribution in [0.5, 0.6) is 5.75 Å². The Balaban J connectivity index is 1.94. The zero-order valence-electron chi connectivity index (χ0n) is 7.65. The van der Waals surface area contributed by atoms with Gasteiger partial charge in [-0.1, -0.05) is 0 Å². The second-order valence-electron chi connectivity index (χ2n) is 2.67. The Bertz CT molecular complexity index is 329. The molecule has 1 aliphatic heterocycles. The van der Waals surface area contributed by atoms with Gasteiger partial charge in [-0.2, -0.15) is 0 Å². The number of aldehydes is 1. The SMILES string of the molecule is O=Cc1ccc(OP2NPNPN2)cc1. The molecular formula is C7H10N3O2P3. The lowest BCUT2D eigenvalue weighted by molar-refractivity contribution is 0.112. The van der Waals surface area contributed by atoms with Gasteiger partial charge in [-0.15, -0.1) is 0 Å². The standard InChI is InChI=1S/C7H10N3O2P3/c11-5-6-1-3-7(4-2-6)12-15-9-13-8-14-10-15/h1-5,8-10,13-14H. The number of hydrogen-bond donors (Lipinski definition) is 3. The molecule has 1 fully saturated rings. The number of rotatable bonds is 3. The molecule has 3 N–H and O–H groups in total. The lowest BCUT2D eigenvalue weighted by Gasteiger charge is -2.24. The van der Waals surface area contributed by atoms with Crippen molar-refractivity contribution in [3.05, 3.63) is 29.8 Å². The van der Waals surface area contributed by atoms with Gasteiger partial charge in [-0.25, -0.2) is 9.72 Å². The van der Waals surface area contributed by atoms with Crippen molar-refractivity contribution >= 4 is 32.5 Å². The van der Waals surface area contributed by atoms with E-state index in [0.29, 0.717) is 23.3 Å². The summed E-state index contributed by atoms with van der Waals surface area (Å²) in [7, 11) is 0.270. The first-order chi connectivity index (χ1) is 7.38. The molecule has 0 spiro atoms. The average Bonchev–Trinajstić information content (AvgIpc) is 2.31. The fourth-order valence-electron chi connectivity index (χ4n) is 0.975. The minimum Gasteiger partial charge on any atom is -0.444 e. The summed E-state index contributed by atoms with van der Waals surface area (Å²) in [6.45, 7) is 0. The first kappa shape index (κ1) is 11.3. The normalized spacial score (nSPS) is 24.1. The fourth-order valence-corrected chi connectivity index (χ4v) is 4.92. The monoisotopic (exact) mass is 261 g/mol. The van der Waals surface area contributed by atoms with E-state index in [0.717, 1.165) is 12.0 Å². The van der Waals surface area contributed by atoms with Gasteiger partial charge in [0, 0.05) is 23.3 Å². The lowest BCUT2D eigenvalue weighted by atomic mass is 10.2. The second-order valence-corrected chi connectivity index (χ2v) is 6.73. The highest BCUT2D eigenvalue weighted by molar-refractivity contribution is 7.71. The molecule has 8 heteroatoms. The molecule has 1 heterocycles. The molecule has 0 amide bonds. The van der Waals surface area contributed by atoms with Crippen molar-refractivity contribution in [3.8, 4) is 5.75 Å². The maximum atomic E-state index is 10.4. The Morgan fingerprint density at radius 3 is 2.47 bits per heavy atom. The van der Waals surface area contributed by atoms with Crippen LogP contribution in [-0.2, 0) is 0 Å². The summed E-state index contributed by atoms with van der Waals surface area (Å²) in [5, 5.41) is 0. The van der Waals surface area contributed by atoms with Crippen LogP contribution in [0.3, 0.4) is 0 Å². The molecular weight excluding hydrogens is 251 g/mol. The van der Waals surface area contributed by atoms with Gasteiger partial charge in [0.2, 0.25) is 0 Å². The topological polar surface area (TPSA) is 62.4 Å². The third kappa shape index (κ3) is 3.42. The van der Waals surface area contributed by atoms with E-state index >= 15 is 0 Å². The number of nitrogens with one attached hydrogen (secondary N) is 3. The molecule has 2 rings (SSSR count). The van der Waals surface area contributed by atoms with Gasteiger partial charge in [0.1, 0.15) is 12.0 Å². The van der Waals surface area contributed by atoms with Crippen LogP contribution in [0.25, 0.3) is 0 Å². The van der Waals surface area contributed by atoms with Crippen molar-refractivity contribution in [1.82, 2.24) is 14.6 Å². The van der Waals surface area contributed by atoms with Gasteiger partial charge >= 0.3 is 0 Å². The molecule has 0 radical (unpaired) electrons. The molecule has 5 nitrogen and oxygen atoms in total. The van der Waals surface area contributed by atoms with Gasteiger partial charge in [0.15, 0.2) is 0 Å². The molecule has 0 aromatic heterocycles. The van der Waals surface area contributed by atoms with E-state index in [1.807, 2.05) is 0 Å². The van der Waals surface area contributed by atoms with E-state index in [-0.39, 0.29) is 0 Å². The Morgan fingerprint density at radius 2 is 1.87 bits per heavy atom. The van der Waals surface area contributed by atoms with Crippen molar-refractivity contribution in [3.63, 3.8) is 0 Å². The Morgan fingerprint density at radius 1 is 1.20 bits per heavy atom. The third-order valence-corrected chi connectivity index (χ3v) is 5.57. The predicted octanol–water partition coefficient (Wildman–Crippen LogP) is 1.90. The summed E-state index contributed by atoms with van der Waals surface area (Å²) in [6, 6.07) is 7.07. The predicted molar refractivity (Wildman–Crippen MR) is 65.4 cm³/mol. The first-order valence-corrected chi connectivity index (χ1v) is 7.44. The highest BCUT2D eigenvalue weighted by atomic mass is 31.2. The molecule has 1 aromatic carbocycles. The van der Waals surface area contributed by atoms with E-state index in [4.69, 9.17) is 4.52 Å². The summed E-state index contributed by atoms with van der Waals surface area (Å²) in [4.78, 5) is 19.9. The zero-order chi connectivity index (χ0) is 10.5. The highest BCUT2D eigenvalue weighted by Gasteiger charge is 2.13. The van der Waals surface area contributed by atoms with E-state index < -0.39 is 8.45 Å². The summed E-state index contributed by atoms with van der Waals surface area (Å²) in [6.07, 6.45) is 0.818. The number of carbonyl (C=O) groups excluding carboxylic acids is 1. The molecule has 1 saturated heterocycles. The lowest BCUT2D eigenvalue weighted by Crippen LogP contribution is -2.18. The van der Waals surface area contributed by atoms with Crippen molar-refractivity contribution in [2.45, 2.75) is 0 Å². The third-order valence-electron chi connectivity index (χ3n) is 1.65. The quantitative estimate of drug-likeness (QED) is 0.573. The maximum absolute atomic E-state index is 10.4. The van der Waals surface area contributed by atoms with Crippen molar-refractivity contribution in [1.29, 1.82) is 0 Å². The van der Waals surface area contributed by atoms with Crippen molar-refractivity contribution in [2.24, 2.45) is 0 Å². The minimum absolute atomic E-state index is 0.529. The van der Waals surface area contributed by atoms with E-state index in [1.165, 1.54) is 0 Å². The average molecular weight is 261 g/mol. The van der Waals surface area contributed by atoms with Crippen LogP contribution in [0.15, 0.2) is 24.3 Å². The number of benzene rings is 1. The second kappa shape index (κ2) is 5.81. The highest BCUT2D eigenvalue weighted by Crippen LogP contribution is 2.40. The first-order valence-electron chi connectivity index (χ1n) is 4.18. The van der Waals surface area contributed by atoms with Crippen LogP contribution in [0, 0.1) is 0 Å². The largest absolute Gasteiger partial charge is 0.444 e. The Kier molecular flexibility index (Phi) is 4.40. The molecule has 0 aliphatic carbocycles. The zero-order valence-corrected chi connectivity index (χ0v) is 10.5. The molecule has 1 aliphatic rings. The van der Waals surface area contributed by atoms with Gasteiger partial charge in [-0.3, -0.25) is 9.65 Å². The minimum atomic E-state index is -0.788. The summed E-state index contributed by atoms with van der Waals surface area (Å²) >= 11 is 0. The smallest absolute Gasteiger partial charge is 0.251 e. The van der Waals surface area contributed by atoms with Crippen LogP contribution in [0.1, 0.15) is 10.4 Å². The molecule has 80 valence electrons. The van der Waals surface area contributed by atoms with E-state index in [9.17, 15) is 4.79 Å². The van der Waals surface area contributed by atoms with Gasteiger partial charge < -0.3 is 4.52 Å². The van der Waals surface area contributed by atoms with Gasteiger partial charge in [-0.05, 0) is 24.3 Å². The summed E-state index contributed by atoms with van der Waals surface area (Å²) < 4.78 is 5.66. The molecule has 2 unspecified atom stereocenters. The molecule has 0 bridgehead atoms. The van der Waals surface area contributed by atoms with Crippen LogP contribution in [0.4, 0.5) is 0 Å².